The van der Waals surface area contributed by atoms with Crippen LogP contribution in [0.5, 0.6) is 0 Å². The van der Waals surface area contributed by atoms with Gasteiger partial charge in [0.2, 0.25) is 5.60 Å². The van der Waals surface area contributed by atoms with E-state index in [-0.39, 0.29) is 23.4 Å². The molecule has 0 saturated carbocycles. The van der Waals surface area contributed by atoms with Gasteiger partial charge in [0.25, 0.3) is 0 Å². The van der Waals surface area contributed by atoms with Gasteiger partial charge in [0.15, 0.2) is 11.6 Å². The predicted octanol–water partition coefficient (Wildman–Crippen LogP) is -0.121. The van der Waals surface area contributed by atoms with Crippen LogP contribution in [0.4, 0.5) is 10.2 Å². The summed E-state index contributed by atoms with van der Waals surface area (Å²) in [6.45, 7) is -1.23. The SMILES string of the molecule is N#C[C@]1(COP(=O)(O)OP(=O)(O)OP(=O)(O)O)O[C@@H](c2cc(F)c3c(N)ncnn23)C[C@@H]1O. The molecule has 33 heavy (non-hydrogen) atoms. The minimum atomic E-state index is -5.79. The molecule has 0 spiro atoms. The maximum Gasteiger partial charge on any atom is 0.490 e. The van der Waals surface area contributed by atoms with Gasteiger partial charge in [0.05, 0.1) is 5.69 Å². The zero-order chi connectivity index (χ0) is 24.8. The molecular weight excluding hydrogens is 518 g/mol. The molecule has 2 unspecified atom stereocenters. The number of ether oxygens (including phenoxy) is 1. The summed E-state index contributed by atoms with van der Waals surface area (Å²) in [7, 11) is -17.0. The van der Waals surface area contributed by atoms with Gasteiger partial charge in [-0.25, -0.2) is 27.6 Å². The first-order valence-electron chi connectivity index (χ1n) is 8.41. The molecule has 7 N–H and O–H groups in total. The van der Waals surface area contributed by atoms with Crippen LogP contribution in [-0.4, -0.2) is 57.6 Å². The summed E-state index contributed by atoms with van der Waals surface area (Å²) < 4.78 is 66.3. The Kier molecular flexibility index (Phi) is 6.84. The Morgan fingerprint density at radius 2 is 1.97 bits per heavy atom. The highest BCUT2D eigenvalue weighted by molar-refractivity contribution is 7.66. The molecule has 1 fully saturated rings. The molecule has 1 saturated heterocycles. The van der Waals surface area contributed by atoms with Crippen molar-refractivity contribution >= 4 is 34.8 Å². The van der Waals surface area contributed by atoms with Crippen LogP contribution in [-0.2, 0) is 31.6 Å². The number of halogens is 1. The lowest BCUT2D eigenvalue weighted by molar-refractivity contribution is -0.0729. The van der Waals surface area contributed by atoms with Crippen molar-refractivity contribution in [2.45, 2.75) is 24.2 Å². The standard InChI is InChI=1S/C12H15FN5O12P3/c13-6-1-7(18-10(6)11(15)16-5-17-18)8-2-9(19)12(3-14,28-8)4-27-32(23,24)30-33(25,26)29-31(20,21)22/h1,5,8-9,19H,2,4H2,(H,23,24)(H,25,26)(H2,15,16,17)(H2,20,21,22)/t8-,9+,12-/m1/s1. The summed E-state index contributed by atoms with van der Waals surface area (Å²) in [5, 5.41) is 23.7. The molecule has 1 aliphatic heterocycles. The van der Waals surface area contributed by atoms with Crippen LogP contribution in [0.15, 0.2) is 12.4 Å². The van der Waals surface area contributed by atoms with Crippen molar-refractivity contribution in [3.05, 3.63) is 23.9 Å². The number of rotatable bonds is 8. The van der Waals surface area contributed by atoms with E-state index in [4.69, 9.17) is 25.2 Å². The number of aliphatic hydroxyl groups is 1. The monoisotopic (exact) mass is 533 g/mol. The third kappa shape index (κ3) is 5.64. The first-order valence-corrected chi connectivity index (χ1v) is 12.9. The van der Waals surface area contributed by atoms with Gasteiger partial charge in [0.1, 0.15) is 36.7 Å². The molecule has 3 rings (SSSR count). The summed E-state index contributed by atoms with van der Waals surface area (Å²) in [5.74, 6) is -1.03. The quantitative estimate of drug-likeness (QED) is 0.241. The van der Waals surface area contributed by atoms with Gasteiger partial charge < -0.3 is 35.2 Å². The van der Waals surface area contributed by atoms with E-state index in [9.17, 15) is 33.3 Å². The summed E-state index contributed by atoms with van der Waals surface area (Å²) in [4.78, 5) is 39.4. The fourth-order valence-corrected chi connectivity index (χ4v) is 6.02. The van der Waals surface area contributed by atoms with Crippen LogP contribution < -0.4 is 5.73 Å². The maximum absolute atomic E-state index is 14.3. The largest absolute Gasteiger partial charge is 0.490 e. The van der Waals surface area contributed by atoms with E-state index in [0.29, 0.717) is 0 Å². The number of hydrogen-bond donors (Lipinski definition) is 6. The zero-order valence-electron chi connectivity index (χ0n) is 15.9. The molecule has 0 bridgehead atoms. The van der Waals surface area contributed by atoms with Gasteiger partial charge >= 0.3 is 23.5 Å². The smallest absolute Gasteiger partial charge is 0.389 e. The predicted molar refractivity (Wildman–Crippen MR) is 100.0 cm³/mol. The summed E-state index contributed by atoms with van der Waals surface area (Å²) in [6, 6.07) is 2.50. The number of nitrogen functional groups attached to an aromatic ring is 1. The molecule has 2 aromatic rings. The van der Waals surface area contributed by atoms with Crippen molar-refractivity contribution < 1.29 is 60.6 Å². The maximum atomic E-state index is 14.3. The number of nitriles is 1. The van der Waals surface area contributed by atoms with Gasteiger partial charge in [-0.2, -0.15) is 19.0 Å². The Bertz CT molecular complexity index is 1260. The Labute approximate surface area is 182 Å². The van der Waals surface area contributed by atoms with Crippen LogP contribution >= 0.6 is 23.5 Å². The van der Waals surface area contributed by atoms with E-state index in [1.54, 1.807) is 0 Å². The number of aliphatic hydroxyl groups excluding tert-OH is 1. The third-order valence-corrected chi connectivity index (χ3v) is 8.05. The van der Waals surface area contributed by atoms with Crippen LogP contribution in [0.3, 0.4) is 0 Å². The highest BCUT2D eigenvalue weighted by Gasteiger charge is 2.52. The van der Waals surface area contributed by atoms with Crippen LogP contribution in [0.2, 0.25) is 0 Å². The van der Waals surface area contributed by atoms with Crippen molar-refractivity contribution in [2.24, 2.45) is 0 Å². The lowest BCUT2D eigenvalue weighted by Crippen LogP contribution is -2.42. The molecule has 2 aromatic heterocycles. The van der Waals surface area contributed by atoms with Crippen molar-refractivity contribution in [1.29, 1.82) is 5.26 Å². The number of nitrogens with two attached hydrogens (primary N) is 1. The zero-order valence-corrected chi connectivity index (χ0v) is 18.6. The molecule has 21 heteroatoms. The highest BCUT2D eigenvalue weighted by Crippen LogP contribution is 2.66. The molecule has 182 valence electrons. The number of phosphoric acid groups is 3. The van der Waals surface area contributed by atoms with E-state index >= 15 is 0 Å². The van der Waals surface area contributed by atoms with E-state index in [0.717, 1.165) is 16.9 Å². The highest BCUT2D eigenvalue weighted by atomic mass is 31.3. The number of nitrogens with zero attached hydrogens (tertiary/aromatic N) is 4. The number of anilines is 1. The van der Waals surface area contributed by atoms with Crippen molar-refractivity contribution in [2.75, 3.05) is 12.3 Å². The topological polar surface area (TPSA) is 269 Å². The average Bonchev–Trinajstić information content (AvgIpc) is 3.15. The number of hydrogen-bond acceptors (Lipinski definition) is 12. The van der Waals surface area contributed by atoms with Gasteiger partial charge in [-0.3, -0.25) is 4.52 Å². The fraction of sp³-hybridized carbons (Fsp3) is 0.417. The van der Waals surface area contributed by atoms with Gasteiger partial charge in [0, 0.05) is 12.5 Å². The van der Waals surface area contributed by atoms with E-state index < -0.39 is 53.7 Å². The number of fused-ring (bicyclic) bond motifs is 1. The van der Waals surface area contributed by atoms with Gasteiger partial charge in [-0.15, -0.1) is 0 Å². The lowest BCUT2D eigenvalue weighted by Gasteiger charge is -2.25. The molecule has 1 aliphatic rings. The molecule has 5 atom stereocenters. The van der Waals surface area contributed by atoms with Crippen molar-refractivity contribution in [3.63, 3.8) is 0 Å². The normalized spacial score (nSPS) is 27.2. The summed E-state index contributed by atoms with van der Waals surface area (Å²) in [5.41, 5.74) is 3.06. The van der Waals surface area contributed by atoms with Crippen LogP contribution in [0, 0.1) is 17.1 Å². The third-order valence-electron chi connectivity index (χ3n) is 4.27. The number of aromatic nitrogens is 3. The Morgan fingerprint density at radius 3 is 2.58 bits per heavy atom. The van der Waals surface area contributed by atoms with Crippen LogP contribution in [0.25, 0.3) is 5.52 Å². The van der Waals surface area contributed by atoms with Crippen LogP contribution in [0.1, 0.15) is 18.2 Å². The molecule has 17 nitrogen and oxygen atoms in total. The minimum Gasteiger partial charge on any atom is -0.389 e. The fourth-order valence-electron chi connectivity index (χ4n) is 2.97. The van der Waals surface area contributed by atoms with E-state index in [1.165, 1.54) is 6.07 Å². The average molecular weight is 533 g/mol. The first kappa shape index (κ1) is 25.8. The molecule has 0 aromatic carbocycles. The summed E-state index contributed by atoms with van der Waals surface area (Å²) in [6.07, 6.45) is -2.21. The Hall–Kier alpha value is -1.83. The molecule has 0 amide bonds. The molecule has 0 aliphatic carbocycles. The molecule has 3 heterocycles. The van der Waals surface area contributed by atoms with Crippen molar-refractivity contribution in [3.8, 4) is 6.07 Å². The van der Waals surface area contributed by atoms with E-state index in [2.05, 4.69) is 23.2 Å². The number of phosphoric ester groups is 1. The second kappa shape index (κ2) is 8.75. The molecule has 0 radical (unpaired) electrons. The molecular formula is C12H15FN5O12P3. The van der Waals surface area contributed by atoms with Gasteiger partial charge in [-0.1, -0.05) is 0 Å². The van der Waals surface area contributed by atoms with Crippen molar-refractivity contribution in [1.82, 2.24) is 14.6 Å². The Morgan fingerprint density at radius 1 is 1.30 bits per heavy atom. The second-order valence-corrected chi connectivity index (χ2v) is 11.0. The summed E-state index contributed by atoms with van der Waals surface area (Å²) >= 11 is 0. The van der Waals surface area contributed by atoms with E-state index in [1.807, 2.05) is 0 Å². The lowest BCUT2D eigenvalue weighted by atomic mass is 9.99. The Balaban J connectivity index is 1.79. The van der Waals surface area contributed by atoms with Gasteiger partial charge in [-0.05, 0) is 0 Å². The minimum absolute atomic E-state index is 0.00566. The second-order valence-electron chi connectivity index (χ2n) is 6.55. The first-order chi connectivity index (χ1) is 15.1.